The third-order valence-corrected chi connectivity index (χ3v) is 3.84. The molecule has 1 amide bonds. The molecule has 1 N–H and O–H groups in total. The third-order valence-electron chi connectivity index (χ3n) is 3.84. The van der Waals surface area contributed by atoms with Crippen molar-refractivity contribution in [2.75, 3.05) is 0 Å². The normalized spacial score (nSPS) is 10.7. The summed E-state index contributed by atoms with van der Waals surface area (Å²) in [6.07, 6.45) is 1.59. The molecule has 0 fully saturated rings. The van der Waals surface area contributed by atoms with Crippen LogP contribution in [0, 0.1) is 6.92 Å². The lowest BCUT2D eigenvalue weighted by atomic mass is 10.1. The van der Waals surface area contributed by atoms with Gasteiger partial charge in [-0.1, -0.05) is 60.2 Å². The van der Waals surface area contributed by atoms with Crippen molar-refractivity contribution in [3.8, 4) is 5.75 Å². The van der Waals surface area contributed by atoms with Crippen LogP contribution in [-0.4, -0.2) is 12.1 Å². The minimum atomic E-state index is -0.246. The van der Waals surface area contributed by atoms with Gasteiger partial charge >= 0.3 is 0 Å². The molecule has 4 heteroatoms. The van der Waals surface area contributed by atoms with E-state index in [9.17, 15) is 4.79 Å². The number of ether oxygens (including phenoxy) is 1. The molecular weight excluding hydrogens is 324 g/mol. The smallest absolute Gasteiger partial charge is 0.271 e. The highest BCUT2D eigenvalue weighted by Crippen LogP contribution is 2.17. The first kappa shape index (κ1) is 17.4. The Hall–Kier alpha value is -3.40. The molecule has 130 valence electrons. The van der Waals surface area contributed by atoms with Crippen LogP contribution in [0.15, 0.2) is 84.0 Å². The number of rotatable bonds is 6. The van der Waals surface area contributed by atoms with Crippen molar-refractivity contribution >= 4 is 12.1 Å². The van der Waals surface area contributed by atoms with Crippen LogP contribution in [0.2, 0.25) is 0 Å². The molecule has 0 aliphatic rings. The average molecular weight is 344 g/mol. The van der Waals surface area contributed by atoms with E-state index in [4.69, 9.17) is 4.74 Å². The van der Waals surface area contributed by atoms with E-state index in [2.05, 4.69) is 10.5 Å². The first-order chi connectivity index (χ1) is 12.7. The minimum Gasteiger partial charge on any atom is -0.488 e. The fraction of sp³-hybridized carbons (Fsp3) is 0.0909. The van der Waals surface area contributed by atoms with Crippen molar-refractivity contribution in [2.45, 2.75) is 13.5 Å². The zero-order chi connectivity index (χ0) is 18.2. The van der Waals surface area contributed by atoms with Crippen molar-refractivity contribution in [1.29, 1.82) is 0 Å². The highest BCUT2D eigenvalue weighted by molar-refractivity contribution is 5.95. The molecule has 0 aliphatic carbocycles. The predicted molar refractivity (Wildman–Crippen MR) is 103 cm³/mol. The van der Waals surface area contributed by atoms with Crippen LogP contribution in [0.4, 0.5) is 0 Å². The quantitative estimate of drug-likeness (QED) is 0.534. The summed E-state index contributed by atoms with van der Waals surface area (Å²) >= 11 is 0. The van der Waals surface area contributed by atoms with Crippen LogP contribution >= 0.6 is 0 Å². The Morgan fingerprint density at radius 1 is 0.962 bits per heavy atom. The molecule has 0 aromatic heterocycles. The summed E-state index contributed by atoms with van der Waals surface area (Å²) in [5.74, 6) is 0.466. The van der Waals surface area contributed by atoms with Crippen molar-refractivity contribution in [3.05, 3.63) is 101 Å². The van der Waals surface area contributed by atoms with Crippen molar-refractivity contribution < 1.29 is 9.53 Å². The van der Waals surface area contributed by atoms with Crippen LogP contribution in [0.1, 0.15) is 27.0 Å². The Morgan fingerprint density at radius 2 is 1.65 bits per heavy atom. The van der Waals surface area contributed by atoms with Crippen LogP contribution in [-0.2, 0) is 6.61 Å². The lowest BCUT2D eigenvalue weighted by Crippen LogP contribution is -2.17. The monoisotopic (exact) mass is 344 g/mol. The standard InChI is InChI=1S/C22H20N2O2/c1-17-11-13-19(14-12-17)22(25)24-23-15-20-9-5-6-10-21(20)26-16-18-7-3-2-4-8-18/h2-15H,16H2,1H3,(H,24,25)/b23-15-. The van der Waals surface area contributed by atoms with E-state index in [0.717, 1.165) is 16.7 Å². The maximum absolute atomic E-state index is 12.1. The summed E-state index contributed by atoms with van der Waals surface area (Å²) in [7, 11) is 0. The number of para-hydroxylation sites is 1. The molecule has 4 nitrogen and oxygen atoms in total. The number of carbonyl (C=O) groups is 1. The number of benzene rings is 3. The van der Waals surface area contributed by atoms with Crippen molar-refractivity contribution in [3.63, 3.8) is 0 Å². The van der Waals surface area contributed by atoms with E-state index in [0.29, 0.717) is 17.9 Å². The van der Waals surface area contributed by atoms with Crippen LogP contribution in [0.3, 0.4) is 0 Å². The van der Waals surface area contributed by atoms with Gasteiger partial charge in [0.15, 0.2) is 0 Å². The number of nitrogens with one attached hydrogen (secondary N) is 1. The molecule has 0 saturated carbocycles. The van der Waals surface area contributed by atoms with Gasteiger partial charge in [0.2, 0.25) is 0 Å². The van der Waals surface area contributed by atoms with Gasteiger partial charge in [-0.15, -0.1) is 0 Å². The van der Waals surface area contributed by atoms with E-state index in [1.165, 1.54) is 0 Å². The fourth-order valence-electron chi connectivity index (χ4n) is 2.38. The van der Waals surface area contributed by atoms with Gasteiger partial charge in [0.1, 0.15) is 12.4 Å². The maximum Gasteiger partial charge on any atom is 0.271 e. The first-order valence-corrected chi connectivity index (χ1v) is 8.38. The van der Waals surface area contributed by atoms with E-state index in [1.54, 1.807) is 18.3 Å². The number of aryl methyl sites for hydroxylation is 1. The molecule has 26 heavy (non-hydrogen) atoms. The molecule has 3 aromatic carbocycles. The third kappa shape index (κ3) is 4.80. The zero-order valence-electron chi connectivity index (χ0n) is 14.6. The number of hydrazone groups is 1. The van der Waals surface area contributed by atoms with Crippen LogP contribution in [0.5, 0.6) is 5.75 Å². The van der Waals surface area contributed by atoms with Crippen molar-refractivity contribution in [1.82, 2.24) is 5.43 Å². The van der Waals surface area contributed by atoms with Crippen LogP contribution < -0.4 is 10.2 Å². The Balaban J connectivity index is 1.63. The predicted octanol–water partition coefficient (Wildman–Crippen LogP) is 4.34. The molecule has 0 bridgehead atoms. The second-order valence-corrected chi connectivity index (χ2v) is 5.88. The summed E-state index contributed by atoms with van der Waals surface area (Å²) in [5, 5.41) is 4.05. The molecule has 3 rings (SSSR count). The van der Waals surface area contributed by atoms with Crippen molar-refractivity contribution in [2.24, 2.45) is 5.10 Å². The molecular formula is C22H20N2O2. The highest BCUT2D eigenvalue weighted by atomic mass is 16.5. The molecule has 0 saturated heterocycles. The van der Waals surface area contributed by atoms with Gasteiger partial charge in [0, 0.05) is 11.1 Å². The van der Waals surface area contributed by atoms with E-state index in [1.807, 2.05) is 73.7 Å². The Bertz CT molecular complexity index is 888. The van der Waals surface area contributed by atoms with Gasteiger partial charge in [-0.3, -0.25) is 4.79 Å². The van der Waals surface area contributed by atoms with Gasteiger partial charge in [-0.25, -0.2) is 5.43 Å². The topological polar surface area (TPSA) is 50.7 Å². The SMILES string of the molecule is Cc1ccc(C(=O)N/N=C\c2ccccc2OCc2ccccc2)cc1. The van der Waals surface area contributed by atoms with E-state index < -0.39 is 0 Å². The lowest BCUT2D eigenvalue weighted by molar-refractivity contribution is 0.0955. The number of hydrogen-bond acceptors (Lipinski definition) is 3. The molecule has 0 atom stereocenters. The number of nitrogens with zero attached hydrogens (tertiary/aromatic N) is 1. The first-order valence-electron chi connectivity index (χ1n) is 8.38. The average Bonchev–Trinajstić information content (AvgIpc) is 2.68. The van der Waals surface area contributed by atoms with Crippen LogP contribution in [0.25, 0.3) is 0 Å². The minimum absolute atomic E-state index is 0.246. The second-order valence-electron chi connectivity index (χ2n) is 5.88. The summed E-state index contributed by atoms with van der Waals surface area (Å²) in [6.45, 7) is 2.45. The summed E-state index contributed by atoms with van der Waals surface area (Å²) in [6, 6.07) is 24.9. The van der Waals surface area contributed by atoms with Gasteiger partial charge in [-0.2, -0.15) is 5.10 Å². The molecule has 0 unspecified atom stereocenters. The van der Waals surface area contributed by atoms with Gasteiger partial charge in [0.05, 0.1) is 6.21 Å². The molecule has 0 radical (unpaired) electrons. The largest absolute Gasteiger partial charge is 0.488 e. The number of amides is 1. The molecule has 3 aromatic rings. The molecule has 0 heterocycles. The van der Waals surface area contributed by atoms with E-state index in [-0.39, 0.29) is 5.91 Å². The van der Waals surface area contributed by atoms with Gasteiger partial charge in [-0.05, 0) is 36.8 Å². The fourth-order valence-corrected chi connectivity index (χ4v) is 2.38. The number of carbonyl (C=O) groups excluding carboxylic acids is 1. The Labute approximate surface area is 153 Å². The highest BCUT2D eigenvalue weighted by Gasteiger charge is 2.04. The lowest BCUT2D eigenvalue weighted by Gasteiger charge is -2.09. The zero-order valence-corrected chi connectivity index (χ0v) is 14.6. The summed E-state index contributed by atoms with van der Waals surface area (Å²) < 4.78 is 5.87. The van der Waals surface area contributed by atoms with E-state index >= 15 is 0 Å². The number of hydrogen-bond donors (Lipinski definition) is 1. The maximum atomic E-state index is 12.1. The molecule has 0 aliphatic heterocycles. The van der Waals surface area contributed by atoms with Gasteiger partial charge in [0.25, 0.3) is 5.91 Å². The Kier molecular flexibility index (Phi) is 5.78. The second kappa shape index (κ2) is 8.62. The van der Waals surface area contributed by atoms with Gasteiger partial charge < -0.3 is 4.74 Å². The summed E-state index contributed by atoms with van der Waals surface area (Å²) in [4.78, 5) is 12.1. The Morgan fingerprint density at radius 3 is 2.42 bits per heavy atom. The summed E-state index contributed by atoms with van der Waals surface area (Å²) in [5.41, 5.74) is 6.11. The molecule has 0 spiro atoms.